The van der Waals surface area contributed by atoms with Gasteiger partial charge in [0.1, 0.15) is 0 Å². The van der Waals surface area contributed by atoms with E-state index in [2.05, 4.69) is 359 Å². The van der Waals surface area contributed by atoms with E-state index in [4.69, 9.17) is 0 Å². The molecule has 0 aliphatic carbocycles. The molecule has 4 aliphatic rings. The molecule has 0 fully saturated rings. The summed E-state index contributed by atoms with van der Waals surface area (Å²) >= 11 is 0. The lowest BCUT2D eigenvalue weighted by atomic mass is 9.31. The van der Waals surface area contributed by atoms with Crippen LogP contribution in [-0.2, 0) is 0 Å². The minimum atomic E-state index is -0.251. The van der Waals surface area contributed by atoms with Crippen molar-refractivity contribution < 1.29 is 0 Å². The zero-order valence-corrected chi connectivity index (χ0v) is 52.3. The molecule has 0 spiro atoms. The molecule has 0 atom stereocenters. The van der Waals surface area contributed by atoms with Crippen LogP contribution in [0.5, 0.6) is 0 Å². The molecule has 17 aromatic rings. The maximum Gasteiger partial charge on any atom is 0.251 e. The normalized spacial score (nSPS) is 12.7. The molecule has 15 aromatic carbocycles. The van der Waals surface area contributed by atoms with Gasteiger partial charge in [-0.3, -0.25) is 0 Å². The number of anilines is 6. The van der Waals surface area contributed by atoms with Crippen LogP contribution >= 0.6 is 0 Å². The van der Waals surface area contributed by atoms with Crippen LogP contribution < -0.4 is 42.6 Å². The molecule has 96 heavy (non-hydrogen) atoms. The van der Waals surface area contributed by atoms with E-state index in [-0.39, 0.29) is 13.4 Å². The molecular weight excluding hydrogens is 1160 g/mol. The molecule has 442 valence electrons. The number of fused-ring (bicyclic) bond motifs is 16. The highest BCUT2D eigenvalue weighted by Gasteiger charge is 2.54. The maximum atomic E-state index is 2.80. The SMILES string of the molecule is c1ccc(-c2ccc3c(c2)-c2cc(-c4ccccc4)cc4c2B3c2c3c(c(-n5c6ccccc6c6ccccc65)c(N(c5ccccc5)c5ccccc5)c2-n2c5ccccc5c5ccccc52)B2c5ccc(-c6ccccc6)cc5-c5cc(-c6ccccc6)cc(c52)N43)cc1. The van der Waals surface area contributed by atoms with Crippen LogP contribution in [0.3, 0.4) is 0 Å². The van der Waals surface area contributed by atoms with E-state index in [1.807, 2.05) is 0 Å². The Hall–Kier alpha value is -12.4. The number of benzene rings is 15. The van der Waals surface area contributed by atoms with Gasteiger partial charge >= 0.3 is 0 Å². The predicted octanol–water partition coefficient (Wildman–Crippen LogP) is 19.1. The van der Waals surface area contributed by atoms with Gasteiger partial charge in [0.05, 0.1) is 39.1 Å². The topological polar surface area (TPSA) is 16.3 Å². The first-order valence-electron chi connectivity index (χ1n) is 33.5. The number of hydrogen-bond acceptors (Lipinski definition) is 2. The van der Waals surface area contributed by atoms with Crippen LogP contribution in [0.15, 0.2) is 340 Å². The van der Waals surface area contributed by atoms with Crippen LogP contribution in [0.25, 0.3) is 122 Å². The Kier molecular flexibility index (Phi) is 11.4. The van der Waals surface area contributed by atoms with Crippen molar-refractivity contribution in [3.05, 3.63) is 340 Å². The molecular formula is C90H56B2N4. The highest BCUT2D eigenvalue weighted by atomic mass is 15.2. The summed E-state index contributed by atoms with van der Waals surface area (Å²) in [5, 5.41) is 4.82. The first-order chi connectivity index (χ1) is 47.7. The van der Waals surface area contributed by atoms with Gasteiger partial charge in [-0.1, -0.05) is 266 Å². The average Bonchev–Trinajstić information content (AvgIpc) is 1.34. The summed E-state index contributed by atoms with van der Waals surface area (Å²) in [4.78, 5) is 5.43. The summed E-state index contributed by atoms with van der Waals surface area (Å²) in [5.41, 5.74) is 36.0. The summed E-state index contributed by atoms with van der Waals surface area (Å²) < 4.78 is 5.39. The second-order valence-corrected chi connectivity index (χ2v) is 26.2. The fourth-order valence-electron chi connectivity index (χ4n) is 17.4. The van der Waals surface area contributed by atoms with Crippen LogP contribution in [0.1, 0.15) is 0 Å². The molecule has 0 N–H and O–H groups in total. The Labute approximate surface area is 557 Å². The van der Waals surface area contributed by atoms with Crippen molar-refractivity contribution in [2.24, 2.45) is 0 Å². The summed E-state index contributed by atoms with van der Waals surface area (Å²) in [6, 6.07) is 128. The zero-order valence-electron chi connectivity index (χ0n) is 52.3. The number of aromatic nitrogens is 2. The second kappa shape index (κ2) is 20.6. The zero-order chi connectivity index (χ0) is 62.7. The van der Waals surface area contributed by atoms with Gasteiger partial charge < -0.3 is 18.9 Å². The Bertz CT molecular complexity index is 5610. The number of para-hydroxylation sites is 6. The van der Waals surface area contributed by atoms with E-state index in [0.717, 1.165) is 50.5 Å². The Morgan fingerprint density at radius 3 is 0.885 bits per heavy atom. The standard InChI is InChI=1S/C90H56B2N4/c1-7-27-57(28-8-1)61-47-49-75-71(51-61)73-53-63(59-31-11-3-12-32-59)55-81-83(73)91(75)85-87-86(92-76-50-48-62(58-29-9-2-10-30-58)52-72(76)74-54-64(60-33-13-4-14-34-60)56-82(84(74)92)96(81)87)89(95-79-45-25-21-41-69(79)70-42-22-26-46-80(70)95)90(93(65-35-15-5-16-36-65)66-37-17-6-18-38-66)88(85)94-77-43-23-19-39-67(77)68-40-20-24-44-78(68)94/h1-56H. The van der Waals surface area contributed by atoms with Crippen LogP contribution in [0.2, 0.25) is 0 Å². The summed E-state index contributed by atoms with van der Waals surface area (Å²) in [6.45, 7) is -0.503. The van der Waals surface area contributed by atoms with E-state index in [0.29, 0.717) is 0 Å². The molecule has 6 heteroatoms. The fourth-order valence-corrected chi connectivity index (χ4v) is 17.4. The highest BCUT2D eigenvalue weighted by molar-refractivity contribution is 7.06. The maximum absolute atomic E-state index is 2.80. The molecule has 0 bridgehead atoms. The lowest BCUT2D eigenvalue weighted by Gasteiger charge is -2.46. The average molecular weight is 1220 g/mol. The molecule has 0 saturated heterocycles. The van der Waals surface area contributed by atoms with Gasteiger partial charge in [-0.15, -0.1) is 0 Å². The number of hydrogen-bond donors (Lipinski definition) is 0. The largest absolute Gasteiger partial charge is 0.312 e. The minimum absolute atomic E-state index is 0.251. The number of rotatable bonds is 9. The third-order valence-corrected chi connectivity index (χ3v) is 21.2. The fraction of sp³-hybridized carbons (Fsp3) is 0. The summed E-state index contributed by atoms with van der Waals surface area (Å²) in [6.07, 6.45) is 0. The third kappa shape index (κ3) is 7.52. The molecule has 4 aliphatic heterocycles. The predicted molar refractivity (Wildman–Crippen MR) is 406 cm³/mol. The first-order valence-corrected chi connectivity index (χ1v) is 33.5. The lowest BCUT2D eigenvalue weighted by Crippen LogP contribution is -2.64. The molecule has 2 aromatic heterocycles. The van der Waals surface area contributed by atoms with Gasteiger partial charge in [-0.2, -0.15) is 0 Å². The van der Waals surface area contributed by atoms with E-state index in [1.165, 1.54) is 138 Å². The Balaban J connectivity index is 1.05. The first kappa shape index (κ1) is 53.2. The highest BCUT2D eigenvalue weighted by Crippen LogP contribution is 2.54. The van der Waals surface area contributed by atoms with Crippen LogP contribution in [0, 0.1) is 0 Å². The summed E-state index contributed by atoms with van der Waals surface area (Å²) in [5.74, 6) is 0. The van der Waals surface area contributed by atoms with Crippen LogP contribution in [0.4, 0.5) is 34.1 Å². The van der Waals surface area contributed by atoms with Gasteiger partial charge in [0, 0.05) is 50.0 Å². The molecule has 0 saturated carbocycles. The van der Waals surface area contributed by atoms with Crippen molar-refractivity contribution >= 4 is 124 Å². The van der Waals surface area contributed by atoms with E-state index < -0.39 is 0 Å². The summed E-state index contributed by atoms with van der Waals surface area (Å²) in [7, 11) is 0. The van der Waals surface area contributed by atoms with Crippen molar-refractivity contribution in [3.63, 3.8) is 0 Å². The monoisotopic (exact) mass is 1210 g/mol. The van der Waals surface area contributed by atoms with Crippen LogP contribution in [-0.4, -0.2) is 22.6 Å². The van der Waals surface area contributed by atoms with E-state index in [1.54, 1.807) is 0 Å². The van der Waals surface area contributed by atoms with Gasteiger partial charge in [-0.25, -0.2) is 0 Å². The molecule has 6 heterocycles. The smallest absolute Gasteiger partial charge is 0.251 e. The molecule has 0 unspecified atom stereocenters. The second-order valence-electron chi connectivity index (χ2n) is 26.2. The molecule has 0 amide bonds. The van der Waals surface area contributed by atoms with Gasteiger partial charge in [-0.05, 0) is 174 Å². The van der Waals surface area contributed by atoms with Crippen molar-refractivity contribution in [3.8, 4) is 78.1 Å². The molecule has 4 nitrogen and oxygen atoms in total. The minimum Gasteiger partial charge on any atom is -0.312 e. The lowest BCUT2D eigenvalue weighted by molar-refractivity contribution is 1.11. The Morgan fingerprint density at radius 1 is 0.229 bits per heavy atom. The van der Waals surface area contributed by atoms with Crippen molar-refractivity contribution in [2.45, 2.75) is 0 Å². The van der Waals surface area contributed by atoms with E-state index >= 15 is 0 Å². The van der Waals surface area contributed by atoms with Crippen molar-refractivity contribution in [1.29, 1.82) is 0 Å². The molecule has 21 rings (SSSR count). The van der Waals surface area contributed by atoms with Crippen molar-refractivity contribution in [2.75, 3.05) is 9.80 Å². The van der Waals surface area contributed by atoms with Gasteiger partial charge in [0.25, 0.3) is 13.4 Å². The Morgan fingerprint density at radius 2 is 0.531 bits per heavy atom. The van der Waals surface area contributed by atoms with Crippen molar-refractivity contribution in [1.82, 2.24) is 9.13 Å². The number of nitrogens with zero attached hydrogens (tertiary/aromatic N) is 4. The van der Waals surface area contributed by atoms with E-state index in [9.17, 15) is 0 Å². The molecule has 0 radical (unpaired) electrons. The third-order valence-electron chi connectivity index (χ3n) is 21.2. The van der Waals surface area contributed by atoms with Gasteiger partial charge in [0.2, 0.25) is 0 Å². The van der Waals surface area contributed by atoms with Gasteiger partial charge in [0.15, 0.2) is 0 Å². The quantitative estimate of drug-likeness (QED) is 0.134.